The van der Waals surface area contributed by atoms with Gasteiger partial charge in [-0.2, -0.15) is 0 Å². The second-order valence-corrected chi connectivity index (χ2v) is 6.85. The van der Waals surface area contributed by atoms with Crippen LogP contribution in [0.4, 0.5) is 0 Å². The van der Waals surface area contributed by atoms with Gasteiger partial charge < -0.3 is 19.5 Å². The summed E-state index contributed by atoms with van der Waals surface area (Å²) in [4.78, 5) is 23.5. The van der Waals surface area contributed by atoms with E-state index in [0.717, 1.165) is 11.1 Å². The summed E-state index contributed by atoms with van der Waals surface area (Å²) >= 11 is 0. The van der Waals surface area contributed by atoms with E-state index >= 15 is 0 Å². The van der Waals surface area contributed by atoms with Crippen molar-refractivity contribution < 1.29 is 23.8 Å². The Morgan fingerprint density at radius 3 is 2.38 bits per heavy atom. The molecule has 6 heteroatoms. The Hall–Kier alpha value is -3.28. The Morgan fingerprint density at radius 1 is 1.03 bits per heavy atom. The molecule has 0 bridgehead atoms. The summed E-state index contributed by atoms with van der Waals surface area (Å²) in [6, 6.07) is 12.4. The van der Waals surface area contributed by atoms with Gasteiger partial charge in [-0.1, -0.05) is 32.0 Å². The highest BCUT2D eigenvalue weighted by atomic mass is 16.5. The first-order chi connectivity index (χ1) is 13.9. The van der Waals surface area contributed by atoms with Gasteiger partial charge in [-0.15, -0.1) is 0 Å². The smallest absolute Gasteiger partial charge is 0.337 e. The predicted octanol–water partition coefficient (Wildman–Crippen LogP) is 3.85. The first-order valence-corrected chi connectivity index (χ1v) is 9.37. The fraction of sp³-hybridized carbons (Fsp3) is 0.304. The van der Waals surface area contributed by atoms with Crippen molar-refractivity contribution in [1.29, 1.82) is 0 Å². The summed E-state index contributed by atoms with van der Waals surface area (Å²) in [5.74, 6) is 1.11. The van der Waals surface area contributed by atoms with Gasteiger partial charge in [-0.05, 0) is 47.4 Å². The standard InChI is InChI=1S/C23H27NO5/c1-16(2)15-29-20-11-7-17(13-21(20)27-3)8-12-22(25)24-14-18-5-9-19(10-6-18)23(26)28-4/h5-13,16H,14-15H2,1-4H3,(H,24,25)/b12-8+. The highest BCUT2D eigenvalue weighted by Gasteiger charge is 2.07. The highest BCUT2D eigenvalue weighted by molar-refractivity contribution is 5.92. The van der Waals surface area contributed by atoms with Crippen molar-refractivity contribution in [2.45, 2.75) is 20.4 Å². The van der Waals surface area contributed by atoms with Crippen LogP contribution in [0.15, 0.2) is 48.5 Å². The van der Waals surface area contributed by atoms with Gasteiger partial charge in [0.25, 0.3) is 0 Å². The monoisotopic (exact) mass is 397 g/mol. The number of methoxy groups -OCH3 is 2. The largest absolute Gasteiger partial charge is 0.493 e. The third kappa shape index (κ3) is 6.99. The summed E-state index contributed by atoms with van der Waals surface area (Å²) in [6.07, 6.45) is 3.18. The zero-order valence-electron chi connectivity index (χ0n) is 17.2. The van der Waals surface area contributed by atoms with Gasteiger partial charge >= 0.3 is 5.97 Å². The average molecular weight is 397 g/mol. The Morgan fingerprint density at radius 2 is 1.76 bits per heavy atom. The predicted molar refractivity (Wildman–Crippen MR) is 112 cm³/mol. The van der Waals surface area contributed by atoms with Crippen LogP contribution in [-0.2, 0) is 16.1 Å². The van der Waals surface area contributed by atoms with E-state index in [0.29, 0.717) is 36.1 Å². The van der Waals surface area contributed by atoms with Gasteiger partial charge in [0.1, 0.15) is 0 Å². The van der Waals surface area contributed by atoms with Crippen molar-refractivity contribution in [1.82, 2.24) is 5.32 Å². The van der Waals surface area contributed by atoms with Crippen LogP contribution in [0.1, 0.15) is 35.3 Å². The number of hydrogen-bond donors (Lipinski definition) is 1. The van der Waals surface area contributed by atoms with Gasteiger partial charge in [-0.25, -0.2) is 4.79 Å². The van der Waals surface area contributed by atoms with Crippen LogP contribution >= 0.6 is 0 Å². The molecule has 154 valence electrons. The quantitative estimate of drug-likeness (QED) is 0.514. The topological polar surface area (TPSA) is 73.9 Å². The SMILES string of the molecule is COC(=O)c1ccc(CNC(=O)/C=C/c2ccc(OCC(C)C)c(OC)c2)cc1. The van der Waals surface area contributed by atoms with Crippen molar-refractivity contribution >= 4 is 18.0 Å². The van der Waals surface area contributed by atoms with E-state index in [4.69, 9.17) is 9.47 Å². The maximum atomic E-state index is 12.1. The molecule has 2 aromatic carbocycles. The second-order valence-electron chi connectivity index (χ2n) is 6.85. The molecule has 0 saturated heterocycles. The summed E-state index contributed by atoms with van der Waals surface area (Å²) in [6.45, 7) is 5.12. The molecule has 0 atom stereocenters. The van der Waals surface area contributed by atoms with E-state index in [-0.39, 0.29) is 11.9 Å². The first-order valence-electron chi connectivity index (χ1n) is 9.37. The molecule has 1 amide bonds. The molecule has 0 spiro atoms. The molecule has 0 heterocycles. The molecule has 0 fully saturated rings. The fourth-order valence-electron chi connectivity index (χ4n) is 2.46. The summed E-state index contributed by atoms with van der Waals surface area (Å²) < 4.78 is 15.8. The van der Waals surface area contributed by atoms with Crippen LogP contribution in [-0.4, -0.2) is 32.7 Å². The lowest BCUT2D eigenvalue weighted by Gasteiger charge is -2.12. The molecule has 0 radical (unpaired) electrons. The van der Waals surface area contributed by atoms with Crippen LogP contribution in [0, 0.1) is 5.92 Å². The number of rotatable bonds is 9. The molecule has 0 aromatic heterocycles. The van der Waals surface area contributed by atoms with Crippen LogP contribution in [0.5, 0.6) is 11.5 Å². The minimum absolute atomic E-state index is 0.221. The van der Waals surface area contributed by atoms with E-state index in [2.05, 4.69) is 23.9 Å². The van der Waals surface area contributed by atoms with Crippen LogP contribution < -0.4 is 14.8 Å². The number of amides is 1. The minimum Gasteiger partial charge on any atom is -0.493 e. The average Bonchev–Trinajstić information content (AvgIpc) is 2.74. The third-order valence-electron chi connectivity index (χ3n) is 4.03. The van der Waals surface area contributed by atoms with E-state index in [1.54, 1.807) is 37.5 Å². The lowest BCUT2D eigenvalue weighted by Crippen LogP contribution is -2.20. The van der Waals surface area contributed by atoms with Crippen molar-refractivity contribution in [2.24, 2.45) is 5.92 Å². The molecule has 2 rings (SSSR count). The summed E-state index contributed by atoms with van der Waals surface area (Å²) in [5, 5.41) is 2.81. The fourth-order valence-corrected chi connectivity index (χ4v) is 2.46. The molecule has 0 aliphatic rings. The maximum Gasteiger partial charge on any atom is 0.337 e. The zero-order valence-corrected chi connectivity index (χ0v) is 17.2. The van der Waals surface area contributed by atoms with Crippen LogP contribution in [0.3, 0.4) is 0 Å². The molecule has 6 nitrogen and oxygen atoms in total. The molecule has 0 unspecified atom stereocenters. The molecule has 29 heavy (non-hydrogen) atoms. The van der Waals surface area contributed by atoms with E-state index in [9.17, 15) is 9.59 Å². The molecular formula is C23H27NO5. The van der Waals surface area contributed by atoms with Crippen LogP contribution in [0.25, 0.3) is 6.08 Å². The van der Waals surface area contributed by atoms with Gasteiger partial charge in [0.2, 0.25) is 5.91 Å². The van der Waals surface area contributed by atoms with Crippen molar-refractivity contribution in [3.05, 3.63) is 65.2 Å². The van der Waals surface area contributed by atoms with Crippen molar-refractivity contribution in [3.63, 3.8) is 0 Å². The molecule has 2 aromatic rings. The van der Waals surface area contributed by atoms with E-state index in [1.807, 2.05) is 18.2 Å². The van der Waals surface area contributed by atoms with Gasteiger partial charge in [0, 0.05) is 12.6 Å². The Balaban J connectivity index is 1.92. The minimum atomic E-state index is -0.389. The lowest BCUT2D eigenvalue weighted by molar-refractivity contribution is -0.116. The molecule has 1 N–H and O–H groups in total. The van der Waals surface area contributed by atoms with E-state index in [1.165, 1.54) is 13.2 Å². The van der Waals surface area contributed by atoms with Gasteiger partial charge in [0.05, 0.1) is 26.4 Å². The lowest BCUT2D eigenvalue weighted by atomic mass is 10.1. The van der Waals surface area contributed by atoms with Crippen molar-refractivity contribution in [3.8, 4) is 11.5 Å². The van der Waals surface area contributed by atoms with Crippen molar-refractivity contribution in [2.75, 3.05) is 20.8 Å². The number of benzene rings is 2. The van der Waals surface area contributed by atoms with E-state index < -0.39 is 0 Å². The molecule has 0 saturated carbocycles. The Labute approximate surface area is 171 Å². The summed E-state index contributed by atoms with van der Waals surface area (Å²) in [5.41, 5.74) is 2.18. The number of carbonyl (C=O) groups is 2. The zero-order chi connectivity index (χ0) is 21.2. The number of esters is 1. The third-order valence-corrected chi connectivity index (χ3v) is 4.03. The number of carbonyl (C=O) groups excluding carboxylic acids is 2. The van der Waals surface area contributed by atoms with Gasteiger partial charge in [0.15, 0.2) is 11.5 Å². The summed E-state index contributed by atoms with van der Waals surface area (Å²) in [7, 11) is 2.92. The Bertz CT molecular complexity index is 856. The van der Waals surface area contributed by atoms with Gasteiger partial charge in [-0.3, -0.25) is 4.79 Å². The second kappa shape index (κ2) is 10.9. The Kier molecular flexibility index (Phi) is 8.27. The van der Waals surface area contributed by atoms with Crippen LogP contribution in [0.2, 0.25) is 0 Å². The maximum absolute atomic E-state index is 12.1. The molecular weight excluding hydrogens is 370 g/mol. The highest BCUT2D eigenvalue weighted by Crippen LogP contribution is 2.28. The molecule has 0 aliphatic carbocycles. The normalized spacial score (nSPS) is 10.8. The number of ether oxygens (including phenoxy) is 3. The molecule has 0 aliphatic heterocycles. The first kappa shape index (κ1) is 22.0. The number of hydrogen-bond acceptors (Lipinski definition) is 5. The number of nitrogens with one attached hydrogen (secondary N) is 1.